The summed E-state index contributed by atoms with van der Waals surface area (Å²) in [7, 11) is 0. The Kier molecular flexibility index (Phi) is 7.79. The Balaban J connectivity index is 1.05. The first-order chi connectivity index (χ1) is 32.2. The molecule has 4 aromatic heterocycles. The Hall–Kier alpha value is -8.45. The van der Waals surface area contributed by atoms with Crippen LogP contribution in [0.5, 0.6) is 0 Å². The summed E-state index contributed by atoms with van der Waals surface area (Å²) in [6.45, 7) is 0. The highest BCUT2D eigenvalue weighted by atomic mass is 32.1. The first-order valence-corrected chi connectivity index (χ1v) is 22.6. The maximum Gasteiger partial charge on any atom is 0.167 e. The Morgan fingerprint density at radius 2 is 0.938 bits per heavy atom. The lowest BCUT2D eigenvalue weighted by Crippen LogP contribution is -2.01. The zero-order chi connectivity index (χ0) is 42.6. The first kappa shape index (κ1) is 36.1. The summed E-state index contributed by atoms with van der Waals surface area (Å²) in [4.78, 5) is 15.9. The number of thiophene rings is 1. The fourth-order valence-electron chi connectivity index (χ4n) is 9.91. The zero-order valence-electron chi connectivity index (χ0n) is 34.7. The van der Waals surface area contributed by atoms with Gasteiger partial charge in [0.25, 0.3) is 0 Å². The molecule has 0 aliphatic heterocycles. The van der Waals surface area contributed by atoms with E-state index in [9.17, 15) is 0 Å². The predicted octanol–water partition coefficient (Wildman–Crippen LogP) is 16.2. The van der Waals surface area contributed by atoms with E-state index in [0.717, 1.165) is 66.5 Å². The number of hydrogen-bond acceptors (Lipinski definition) is 5. The summed E-state index contributed by atoms with van der Waals surface area (Å²) in [6.07, 6.45) is 0. The topological polar surface area (TPSA) is 56.7 Å². The molecule has 0 bridgehead atoms. The molecular formula is C59H34N4OS. The standard InChI is InChI=1S/C59H34N4OS/c1-2-13-35(14-3-1)36-19-12-20-41(29-36)57-60-58(42-25-28-54-48(32-42)43-21-9-11-24-53(43)65-54)62-59(61-57)45-26-27-49(55-44-22-8-10-23-52(44)64-56(45)55)63-50-33-39-17-6-4-15-37(39)30-46(50)47-31-38-16-5-7-18-40(38)34-51(47)63/h1-34H. The van der Waals surface area contributed by atoms with E-state index in [1.165, 1.54) is 52.5 Å². The van der Waals surface area contributed by atoms with Crippen LogP contribution in [0.3, 0.4) is 0 Å². The second-order valence-electron chi connectivity index (χ2n) is 16.8. The van der Waals surface area contributed by atoms with Gasteiger partial charge in [-0.05, 0) is 105 Å². The van der Waals surface area contributed by atoms with Crippen molar-refractivity contribution in [2.45, 2.75) is 0 Å². The van der Waals surface area contributed by atoms with E-state index in [2.05, 4.69) is 199 Å². The summed E-state index contributed by atoms with van der Waals surface area (Å²) < 4.78 is 11.9. The van der Waals surface area contributed by atoms with Crippen LogP contribution in [0.2, 0.25) is 0 Å². The van der Waals surface area contributed by atoms with Gasteiger partial charge in [-0.3, -0.25) is 0 Å². The number of para-hydroxylation sites is 1. The molecule has 0 radical (unpaired) electrons. The van der Waals surface area contributed by atoms with Crippen LogP contribution in [0.15, 0.2) is 211 Å². The maximum absolute atomic E-state index is 6.99. The van der Waals surface area contributed by atoms with E-state index in [1.807, 2.05) is 12.1 Å². The molecule has 0 aliphatic rings. The van der Waals surface area contributed by atoms with Gasteiger partial charge >= 0.3 is 0 Å². The molecule has 0 saturated heterocycles. The Bertz CT molecular complexity index is 4160. The number of nitrogens with zero attached hydrogens (tertiary/aromatic N) is 4. The van der Waals surface area contributed by atoms with Crippen LogP contribution in [-0.4, -0.2) is 19.5 Å². The lowest BCUT2D eigenvalue weighted by molar-refractivity contribution is 0.669. The molecule has 302 valence electrons. The number of aromatic nitrogens is 4. The van der Waals surface area contributed by atoms with E-state index in [-0.39, 0.29) is 0 Å². The van der Waals surface area contributed by atoms with Crippen molar-refractivity contribution in [2.24, 2.45) is 0 Å². The lowest BCUT2D eigenvalue weighted by Gasteiger charge is -2.13. The molecule has 6 heteroatoms. The molecule has 5 nitrogen and oxygen atoms in total. The SMILES string of the molecule is c1ccc(-c2cccc(-c3nc(-c4ccc5sc6ccccc6c5c4)nc(-c4ccc(-n5c6cc7ccccc7cc6c6cc7ccccc7cc65)c5c4oc4ccccc45)n3)c2)cc1. The van der Waals surface area contributed by atoms with Crippen molar-refractivity contribution in [3.63, 3.8) is 0 Å². The minimum absolute atomic E-state index is 0.542. The van der Waals surface area contributed by atoms with Crippen molar-refractivity contribution < 1.29 is 4.42 Å². The van der Waals surface area contributed by atoms with Gasteiger partial charge in [0.15, 0.2) is 17.5 Å². The molecule has 10 aromatic carbocycles. The molecule has 0 atom stereocenters. The monoisotopic (exact) mass is 846 g/mol. The summed E-state index contributed by atoms with van der Waals surface area (Å²) in [5.41, 5.74) is 9.65. The van der Waals surface area contributed by atoms with Crippen molar-refractivity contribution in [3.8, 4) is 51.0 Å². The quantitative estimate of drug-likeness (QED) is 0.173. The second kappa shape index (κ2) is 14.0. The molecule has 0 amide bonds. The average Bonchev–Trinajstić information content (AvgIpc) is 4.04. The number of rotatable bonds is 5. The molecule has 4 heterocycles. The fourth-order valence-corrected chi connectivity index (χ4v) is 11.0. The number of hydrogen-bond donors (Lipinski definition) is 0. The largest absolute Gasteiger partial charge is 0.455 e. The molecule has 0 saturated carbocycles. The van der Waals surface area contributed by atoms with Crippen LogP contribution in [0.25, 0.3) is 136 Å². The molecule has 0 spiro atoms. The van der Waals surface area contributed by atoms with E-state index < -0.39 is 0 Å². The molecule has 0 aliphatic carbocycles. The van der Waals surface area contributed by atoms with Crippen molar-refractivity contribution in [3.05, 3.63) is 206 Å². The third-order valence-electron chi connectivity index (χ3n) is 13.0. The second-order valence-corrected chi connectivity index (χ2v) is 17.8. The highest BCUT2D eigenvalue weighted by Gasteiger charge is 2.24. The summed E-state index contributed by atoms with van der Waals surface area (Å²) in [5.74, 6) is 1.73. The van der Waals surface area contributed by atoms with Gasteiger partial charge in [0.1, 0.15) is 11.2 Å². The molecule has 65 heavy (non-hydrogen) atoms. The lowest BCUT2D eigenvalue weighted by atomic mass is 10.0. The van der Waals surface area contributed by atoms with Crippen LogP contribution in [0.4, 0.5) is 0 Å². The van der Waals surface area contributed by atoms with Gasteiger partial charge in [0, 0.05) is 47.5 Å². The van der Waals surface area contributed by atoms with Crippen LogP contribution >= 0.6 is 11.3 Å². The van der Waals surface area contributed by atoms with Gasteiger partial charge in [-0.2, -0.15) is 0 Å². The molecule has 14 rings (SSSR count). The smallest absolute Gasteiger partial charge is 0.167 e. The molecule has 0 fully saturated rings. The third-order valence-corrected chi connectivity index (χ3v) is 14.1. The average molecular weight is 847 g/mol. The van der Waals surface area contributed by atoms with Gasteiger partial charge < -0.3 is 8.98 Å². The van der Waals surface area contributed by atoms with Gasteiger partial charge in [0.05, 0.1) is 27.7 Å². The van der Waals surface area contributed by atoms with Gasteiger partial charge in [-0.25, -0.2) is 15.0 Å². The summed E-state index contributed by atoms with van der Waals surface area (Å²) >= 11 is 1.80. The summed E-state index contributed by atoms with van der Waals surface area (Å²) in [6, 6.07) is 73.3. The number of benzene rings is 10. The Morgan fingerprint density at radius 1 is 0.369 bits per heavy atom. The summed E-state index contributed by atoms with van der Waals surface area (Å²) in [5, 5.41) is 11.6. The van der Waals surface area contributed by atoms with Crippen molar-refractivity contribution in [1.29, 1.82) is 0 Å². The van der Waals surface area contributed by atoms with Crippen LogP contribution in [0.1, 0.15) is 0 Å². The number of fused-ring (bicyclic) bond motifs is 11. The third kappa shape index (κ3) is 5.67. The molecule has 0 N–H and O–H groups in total. The van der Waals surface area contributed by atoms with E-state index >= 15 is 0 Å². The highest BCUT2D eigenvalue weighted by Crippen LogP contribution is 2.44. The predicted molar refractivity (Wildman–Crippen MR) is 271 cm³/mol. The maximum atomic E-state index is 6.99. The number of furan rings is 1. The van der Waals surface area contributed by atoms with E-state index in [1.54, 1.807) is 11.3 Å². The minimum Gasteiger partial charge on any atom is -0.455 e. The van der Waals surface area contributed by atoms with Crippen LogP contribution in [0, 0.1) is 0 Å². The van der Waals surface area contributed by atoms with Crippen molar-refractivity contribution in [2.75, 3.05) is 0 Å². The van der Waals surface area contributed by atoms with E-state index in [0.29, 0.717) is 17.5 Å². The Labute approximate surface area is 376 Å². The molecule has 14 aromatic rings. The van der Waals surface area contributed by atoms with Crippen molar-refractivity contribution in [1.82, 2.24) is 19.5 Å². The van der Waals surface area contributed by atoms with E-state index in [4.69, 9.17) is 19.4 Å². The van der Waals surface area contributed by atoms with Crippen LogP contribution in [-0.2, 0) is 0 Å². The van der Waals surface area contributed by atoms with Gasteiger partial charge in [-0.1, -0.05) is 133 Å². The highest BCUT2D eigenvalue weighted by molar-refractivity contribution is 7.25. The van der Waals surface area contributed by atoms with Crippen LogP contribution < -0.4 is 0 Å². The fraction of sp³-hybridized carbons (Fsp3) is 0. The van der Waals surface area contributed by atoms with Crippen molar-refractivity contribution >= 4 is 96.8 Å². The van der Waals surface area contributed by atoms with Gasteiger partial charge in [-0.15, -0.1) is 11.3 Å². The molecular weight excluding hydrogens is 813 g/mol. The zero-order valence-corrected chi connectivity index (χ0v) is 35.6. The normalized spacial score (nSPS) is 12.0. The molecule has 0 unspecified atom stereocenters. The van der Waals surface area contributed by atoms with Gasteiger partial charge in [0.2, 0.25) is 0 Å². The minimum atomic E-state index is 0.542. The first-order valence-electron chi connectivity index (χ1n) is 21.8. The Morgan fingerprint density at radius 3 is 1.68 bits per heavy atom.